The van der Waals surface area contributed by atoms with Gasteiger partial charge in [0, 0.05) is 18.1 Å². The second-order valence-corrected chi connectivity index (χ2v) is 6.26. The first kappa shape index (κ1) is 14.7. The van der Waals surface area contributed by atoms with Gasteiger partial charge in [-0.15, -0.1) is 0 Å². The zero-order chi connectivity index (χ0) is 15.5. The van der Waals surface area contributed by atoms with Crippen molar-refractivity contribution in [3.63, 3.8) is 0 Å². The molecule has 0 bridgehead atoms. The summed E-state index contributed by atoms with van der Waals surface area (Å²) in [6.45, 7) is 2.49. The summed E-state index contributed by atoms with van der Waals surface area (Å²) in [4.78, 5) is 14.4. The maximum atomic E-state index is 12.7. The maximum Gasteiger partial charge on any atom is 0.258 e. The van der Waals surface area contributed by atoms with E-state index in [-0.39, 0.29) is 11.9 Å². The lowest BCUT2D eigenvalue weighted by molar-refractivity contribution is 0.0737. The van der Waals surface area contributed by atoms with E-state index in [2.05, 4.69) is 11.2 Å². The Balaban J connectivity index is 1.91. The fourth-order valence-electron chi connectivity index (χ4n) is 2.56. The average molecular weight is 312 g/mol. The minimum Gasteiger partial charge on any atom is -0.321 e. The van der Waals surface area contributed by atoms with Gasteiger partial charge < -0.3 is 4.90 Å². The number of hydrogen-bond donors (Lipinski definition) is 0. The average Bonchev–Trinajstić information content (AvgIpc) is 2.96. The summed E-state index contributed by atoms with van der Waals surface area (Å²) in [7, 11) is 0. The van der Waals surface area contributed by atoms with Crippen LogP contribution in [0.1, 0.15) is 16.1 Å². The lowest BCUT2D eigenvalue weighted by atomic mass is 10.2. The molecular weight excluding hydrogens is 296 g/mol. The largest absolute Gasteiger partial charge is 0.321 e. The molecule has 22 heavy (non-hydrogen) atoms. The lowest BCUT2D eigenvalue weighted by Gasteiger charge is -2.30. The minimum absolute atomic E-state index is 0.105. The van der Waals surface area contributed by atoms with Gasteiger partial charge >= 0.3 is 0 Å². The maximum absolute atomic E-state index is 12.7. The molecule has 1 aromatic heterocycles. The van der Waals surface area contributed by atoms with Crippen LogP contribution in [0.5, 0.6) is 0 Å². The predicted octanol–water partition coefficient (Wildman–Crippen LogP) is 2.26. The summed E-state index contributed by atoms with van der Waals surface area (Å²) < 4.78 is 1.76. The molecule has 1 aliphatic heterocycles. The van der Waals surface area contributed by atoms with Crippen molar-refractivity contribution < 1.29 is 4.79 Å². The van der Waals surface area contributed by atoms with Crippen molar-refractivity contribution in [3.05, 3.63) is 47.8 Å². The van der Waals surface area contributed by atoms with Crippen LogP contribution in [0.25, 0.3) is 5.69 Å². The normalized spacial score (nSPS) is 18.0. The number of benzene rings is 1. The summed E-state index contributed by atoms with van der Waals surface area (Å²) in [6.07, 6.45) is 1.60. The molecule has 1 aromatic carbocycles. The summed E-state index contributed by atoms with van der Waals surface area (Å²) in [5.41, 5.74) is 2.28. The van der Waals surface area contributed by atoms with Crippen LogP contribution in [0.4, 0.5) is 0 Å². The Morgan fingerprint density at radius 2 is 2.18 bits per heavy atom. The molecule has 1 saturated heterocycles. The second kappa shape index (κ2) is 6.24. The van der Waals surface area contributed by atoms with Crippen LogP contribution in [-0.4, -0.2) is 44.7 Å². The molecule has 6 heteroatoms. The molecule has 3 rings (SSSR count). The summed E-state index contributed by atoms with van der Waals surface area (Å²) in [5.74, 6) is 1.44. The first-order chi connectivity index (χ1) is 10.7. The highest BCUT2D eigenvalue weighted by Gasteiger charge is 2.29. The third-order valence-corrected chi connectivity index (χ3v) is 4.80. The number of nitrogens with zero attached hydrogens (tertiary/aromatic N) is 4. The fourth-order valence-corrected chi connectivity index (χ4v) is 3.53. The Bertz CT molecular complexity index is 719. The zero-order valence-corrected chi connectivity index (χ0v) is 13.1. The van der Waals surface area contributed by atoms with Crippen molar-refractivity contribution in [1.29, 1.82) is 5.26 Å². The Morgan fingerprint density at radius 3 is 2.91 bits per heavy atom. The molecule has 0 N–H and O–H groups in total. The van der Waals surface area contributed by atoms with Crippen LogP contribution < -0.4 is 0 Å². The molecule has 1 atom stereocenters. The molecule has 2 aromatic rings. The third kappa shape index (κ3) is 2.60. The Labute approximate surface area is 133 Å². The van der Waals surface area contributed by atoms with E-state index in [1.165, 1.54) is 0 Å². The molecule has 112 valence electrons. The van der Waals surface area contributed by atoms with Gasteiger partial charge in [0.15, 0.2) is 0 Å². The van der Waals surface area contributed by atoms with Crippen molar-refractivity contribution in [3.8, 4) is 11.8 Å². The number of rotatable bonds is 2. The topological polar surface area (TPSA) is 61.9 Å². The minimum atomic E-state index is -0.356. The smallest absolute Gasteiger partial charge is 0.258 e. The number of hydrogen-bond acceptors (Lipinski definition) is 4. The van der Waals surface area contributed by atoms with E-state index in [9.17, 15) is 10.1 Å². The van der Waals surface area contributed by atoms with E-state index in [1.54, 1.807) is 27.5 Å². The standard InChI is InChI=1S/C16H16N4OS/c1-12-15(10-18-20(12)13-5-3-2-4-6-13)16(21)19-7-8-22-11-14(19)9-17/h2-6,10,14H,7-8,11H2,1H3/t14-/m0/s1. The molecule has 0 unspecified atom stereocenters. The SMILES string of the molecule is Cc1c(C(=O)N2CCSC[C@@H]2C#N)cnn1-c1ccccc1. The molecule has 0 spiro atoms. The first-order valence-corrected chi connectivity index (χ1v) is 8.26. The molecule has 2 heterocycles. The summed E-state index contributed by atoms with van der Waals surface area (Å²) >= 11 is 1.71. The third-order valence-electron chi connectivity index (χ3n) is 3.78. The van der Waals surface area contributed by atoms with Gasteiger partial charge in [-0.25, -0.2) is 4.68 Å². The molecule has 1 fully saturated rings. The highest BCUT2D eigenvalue weighted by molar-refractivity contribution is 7.99. The molecule has 0 saturated carbocycles. The van der Waals surface area contributed by atoms with Crippen LogP contribution in [0.3, 0.4) is 0 Å². The van der Waals surface area contributed by atoms with Crippen molar-refractivity contribution >= 4 is 17.7 Å². The van der Waals surface area contributed by atoms with E-state index < -0.39 is 0 Å². The van der Waals surface area contributed by atoms with E-state index >= 15 is 0 Å². The summed E-state index contributed by atoms with van der Waals surface area (Å²) in [5, 5.41) is 13.6. The molecule has 0 radical (unpaired) electrons. The van der Waals surface area contributed by atoms with Crippen LogP contribution in [0, 0.1) is 18.3 Å². The van der Waals surface area contributed by atoms with Crippen molar-refractivity contribution in [2.24, 2.45) is 0 Å². The van der Waals surface area contributed by atoms with Gasteiger partial charge in [0.1, 0.15) is 6.04 Å². The van der Waals surface area contributed by atoms with Crippen LogP contribution in [0.15, 0.2) is 36.5 Å². The van der Waals surface area contributed by atoms with E-state index in [1.807, 2.05) is 37.3 Å². The molecule has 0 aliphatic carbocycles. The second-order valence-electron chi connectivity index (χ2n) is 5.11. The Morgan fingerprint density at radius 1 is 1.41 bits per heavy atom. The molecule has 1 amide bonds. The Kier molecular flexibility index (Phi) is 4.16. The van der Waals surface area contributed by atoms with Gasteiger partial charge in [-0.1, -0.05) is 18.2 Å². The highest BCUT2D eigenvalue weighted by atomic mass is 32.2. The van der Waals surface area contributed by atoms with Gasteiger partial charge in [0.2, 0.25) is 0 Å². The van der Waals surface area contributed by atoms with Crippen LogP contribution >= 0.6 is 11.8 Å². The van der Waals surface area contributed by atoms with Gasteiger partial charge in [0.05, 0.1) is 29.2 Å². The molecular formula is C16H16N4OS. The number of aromatic nitrogens is 2. The van der Waals surface area contributed by atoms with E-state index in [4.69, 9.17) is 0 Å². The van der Waals surface area contributed by atoms with Crippen molar-refractivity contribution in [2.75, 3.05) is 18.1 Å². The first-order valence-electron chi connectivity index (χ1n) is 7.10. The highest BCUT2D eigenvalue weighted by Crippen LogP contribution is 2.21. The van der Waals surface area contributed by atoms with Gasteiger partial charge in [0.25, 0.3) is 5.91 Å². The van der Waals surface area contributed by atoms with Gasteiger partial charge in [-0.3, -0.25) is 4.79 Å². The van der Waals surface area contributed by atoms with Gasteiger partial charge in [-0.05, 0) is 19.1 Å². The molecule has 5 nitrogen and oxygen atoms in total. The van der Waals surface area contributed by atoms with Crippen molar-refractivity contribution in [1.82, 2.24) is 14.7 Å². The number of carbonyl (C=O) groups is 1. The quantitative estimate of drug-likeness (QED) is 0.853. The lowest BCUT2D eigenvalue weighted by Crippen LogP contribution is -2.45. The van der Waals surface area contributed by atoms with E-state index in [0.29, 0.717) is 17.9 Å². The zero-order valence-electron chi connectivity index (χ0n) is 12.3. The Hall–Kier alpha value is -2.26. The molecule has 1 aliphatic rings. The van der Waals surface area contributed by atoms with Gasteiger partial charge in [-0.2, -0.15) is 22.1 Å². The fraction of sp³-hybridized carbons (Fsp3) is 0.312. The number of carbonyl (C=O) groups excluding carboxylic acids is 1. The van der Waals surface area contributed by atoms with Crippen molar-refractivity contribution in [2.45, 2.75) is 13.0 Å². The van der Waals surface area contributed by atoms with Crippen LogP contribution in [-0.2, 0) is 0 Å². The summed E-state index contributed by atoms with van der Waals surface area (Å²) in [6, 6.07) is 11.6. The monoisotopic (exact) mass is 312 g/mol. The number of thioether (sulfide) groups is 1. The predicted molar refractivity (Wildman–Crippen MR) is 86.1 cm³/mol. The number of amides is 1. The van der Waals surface area contributed by atoms with Crippen LogP contribution in [0.2, 0.25) is 0 Å². The van der Waals surface area contributed by atoms with E-state index in [0.717, 1.165) is 17.1 Å². The number of para-hydroxylation sites is 1. The number of nitriles is 1.